The second-order valence-corrected chi connectivity index (χ2v) is 6.29. The zero-order valence-electron chi connectivity index (χ0n) is 14.7. The number of hydrogen-bond donors (Lipinski definition) is 2. The zero-order chi connectivity index (χ0) is 20.6. The van der Waals surface area contributed by atoms with Crippen LogP contribution in [-0.4, -0.2) is 15.9 Å². The van der Waals surface area contributed by atoms with E-state index >= 15 is 0 Å². The normalized spacial score (nSPS) is 11.6. The minimum Gasteiger partial charge on any atom is -0.338 e. The summed E-state index contributed by atoms with van der Waals surface area (Å²) in [6.07, 6.45) is -4.76. The van der Waals surface area contributed by atoms with E-state index in [1.807, 2.05) is 0 Å². The van der Waals surface area contributed by atoms with Gasteiger partial charge >= 0.3 is 6.18 Å². The molecular formula is C21H13F4N3O. The molecule has 4 rings (SSSR count). The number of carbonyl (C=O) groups is 1. The van der Waals surface area contributed by atoms with Gasteiger partial charge in [0.1, 0.15) is 17.2 Å². The van der Waals surface area contributed by atoms with Gasteiger partial charge in [-0.2, -0.15) is 13.2 Å². The number of halogens is 4. The van der Waals surface area contributed by atoms with Crippen molar-refractivity contribution in [2.75, 3.05) is 5.32 Å². The van der Waals surface area contributed by atoms with Crippen molar-refractivity contribution in [1.82, 2.24) is 9.97 Å². The van der Waals surface area contributed by atoms with E-state index in [0.717, 1.165) is 12.1 Å². The lowest BCUT2D eigenvalue weighted by Crippen LogP contribution is -2.12. The van der Waals surface area contributed by atoms with Crippen LogP contribution in [0.4, 0.5) is 23.2 Å². The van der Waals surface area contributed by atoms with Gasteiger partial charge < -0.3 is 10.3 Å². The number of nitrogens with one attached hydrogen (secondary N) is 2. The average molecular weight is 399 g/mol. The number of anilines is 1. The van der Waals surface area contributed by atoms with Crippen LogP contribution in [0.1, 0.15) is 15.9 Å². The molecule has 0 saturated carbocycles. The molecule has 0 atom stereocenters. The number of aromatic amines is 1. The predicted octanol–water partition coefficient (Wildman–Crippen LogP) is 5.64. The summed E-state index contributed by atoms with van der Waals surface area (Å²) in [5.41, 5.74) is -0.0735. The van der Waals surface area contributed by atoms with E-state index in [1.54, 1.807) is 42.5 Å². The third-order valence-electron chi connectivity index (χ3n) is 4.33. The number of amides is 1. The first-order chi connectivity index (χ1) is 13.8. The van der Waals surface area contributed by atoms with Crippen LogP contribution >= 0.6 is 0 Å². The fraction of sp³-hybridized carbons (Fsp3) is 0.0476. The molecule has 0 unspecified atom stereocenters. The molecule has 1 amide bonds. The first-order valence-electron chi connectivity index (χ1n) is 8.55. The number of imidazole rings is 1. The highest BCUT2D eigenvalue weighted by Crippen LogP contribution is 2.37. The lowest BCUT2D eigenvalue weighted by molar-refractivity contribution is -0.137. The second kappa shape index (κ2) is 7.05. The fourth-order valence-electron chi connectivity index (χ4n) is 3.02. The molecule has 146 valence electrons. The Bertz CT molecular complexity index is 1200. The van der Waals surface area contributed by atoms with Crippen LogP contribution in [0.15, 0.2) is 66.7 Å². The first-order valence-corrected chi connectivity index (χ1v) is 8.55. The lowest BCUT2D eigenvalue weighted by atomic mass is 10.1. The van der Waals surface area contributed by atoms with Crippen LogP contribution in [-0.2, 0) is 6.18 Å². The molecule has 0 fully saturated rings. The maximum Gasteiger partial charge on any atom is 0.417 e. The van der Waals surface area contributed by atoms with Crippen LogP contribution in [0, 0.1) is 5.82 Å². The number of alkyl halides is 3. The topological polar surface area (TPSA) is 57.8 Å². The Labute approximate surface area is 162 Å². The van der Waals surface area contributed by atoms with E-state index in [2.05, 4.69) is 15.3 Å². The van der Waals surface area contributed by atoms with Gasteiger partial charge in [-0.25, -0.2) is 9.37 Å². The Morgan fingerprint density at radius 1 is 0.966 bits per heavy atom. The van der Waals surface area contributed by atoms with Crippen LogP contribution in [0.3, 0.4) is 0 Å². The van der Waals surface area contributed by atoms with Gasteiger partial charge in [-0.3, -0.25) is 4.79 Å². The van der Waals surface area contributed by atoms with Gasteiger partial charge in [0.05, 0.1) is 16.6 Å². The second-order valence-electron chi connectivity index (χ2n) is 6.29. The summed E-state index contributed by atoms with van der Waals surface area (Å²) >= 11 is 0. The van der Waals surface area contributed by atoms with Crippen LogP contribution < -0.4 is 5.32 Å². The van der Waals surface area contributed by atoms with Gasteiger partial charge in [0.25, 0.3) is 5.91 Å². The average Bonchev–Trinajstić information content (AvgIpc) is 3.12. The fourth-order valence-corrected chi connectivity index (χ4v) is 3.02. The van der Waals surface area contributed by atoms with Crippen molar-refractivity contribution in [2.45, 2.75) is 6.18 Å². The minimum absolute atomic E-state index is 0.104. The highest BCUT2D eigenvalue weighted by Gasteiger charge is 2.35. The lowest BCUT2D eigenvalue weighted by Gasteiger charge is -2.11. The van der Waals surface area contributed by atoms with Crippen LogP contribution in [0.25, 0.3) is 22.4 Å². The molecule has 0 aliphatic heterocycles. The van der Waals surface area contributed by atoms with Crippen molar-refractivity contribution >= 4 is 22.6 Å². The maximum atomic E-state index is 13.4. The Morgan fingerprint density at radius 2 is 1.72 bits per heavy atom. The Kier molecular flexibility index (Phi) is 4.54. The zero-order valence-corrected chi connectivity index (χ0v) is 14.7. The van der Waals surface area contributed by atoms with Crippen molar-refractivity contribution in [3.8, 4) is 11.4 Å². The molecule has 4 nitrogen and oxygen atoms in total. The SMILES string of the molecule is O=C(Nc1ccccc1)c1cccc2[nH]c(-c3ccc(F)cc3C(F)(F)F)nc12. The molecule has 0 radical (unpaired) electrons. The van der Waals surface area contributed by atoms with Crippen LogP contribution in [0.2, 0.25) is 0 Å². The summed E-state index contributed by atoms with van der Waals surface area (Å²) in [5, 5.41) is 2.72. The Balaban J connectivity index is 1.79. The van der Waals surface area contributed by atoms with E-state index in [1.165, 1.54) is 6.07 Å². The monoisotopic (exact) mass is 399 g/mol. The van der Waals surface area contributed by atoms with Crippen LogP contribution in [0.5, 0.6) is 0 Å². The standard InChI is InChI=1S/C21H13F4N3O/c22-12-9-10-14(16(11-12)21(23,24)25)19-27-17-8-4-7-15(18(17)28-19)20(29)26-13-5-2-1-3-6-13/h1-11H,(H,26,29)(H,27,28). The number of nitrogens with zero attached hydrogens (tertiary/aromatic N) is 1. The molecular weight excluding hydrogens is 386 g/mol. The molecule has 4 aromatic rings. The quantitative estimate of drug-likeness (QED) is 0.438. The molecule has 29 heavy (non-hydrogen) atoms. The molecule has 1 heterocycles. The highest BCUT2D eigenvalue weighted by atomic mass is 19.4. The van der Waals surface area contributed by atoms with Crippen molar-refractivity contribution in [3.05, 3.63) is 83.7 Å². The van der Waals surface area contributed by atoms with Gasteiger partial charge in [0.2, 0.25) is 0 Å². The summed E-state index contributed by atoms with van der Waals surface area (Å²) in [4.78, 5) is 19.7. The number of H-pyrrole nitrogens is 1. The van der Waals surface area contributed by atoms with E-state index in [0.29, 0.717) is 17.3 Å². The molecule has 0 aliphatic carbocycles. The van der Waals surface area contributed by atoms with Gasteiger partial charge in [0.15, 0.2) is 0 Å². The number of fused-ring (bicyclic) bond motifs is 1. The Hall–Kier alpha value is -3.68. The Morgan fingerprint density at radius 3 is 2.45 bits per heavy atom. The molecule has 0 bridgehead atoms. The smallest absolute Gasteiger partial charge is 0.338 e. The first kappa shape index (κ1) is 18.7. The van der Waals surface area contributed by atoms with E-state index in [9.17, 15) is 22.4 Å². The summed E-state index contributed by atoms with van der Waals surface area (Å²) in [6, 6.07) is 15.8. The third-order valence-corrected chi connectivity index (χ3v) is 4.33. The number of hydrogen-bond acceptors (Lipinski definition) is 2. The number of rotatable bonds is 3. The summed E-state index contributed by atoms with van der Waals surface area (Å²) < 4.78 is 53.4. The predicted molar refractivity (Wildman–Crippen MR) is 101 cm³/mol. The maximum absolute atomic E-state index is 13.4. The molecule has 3 aromatic carbocycles. The largest absolute Gasteiger partial charge is 0.417 e. The number of carbonyl (C=O) groups excluding carboxylic acids is 1. The molecule has 2 N–H and O–H groups in total. The minimum atomic E-state index is -4.76. The van der Waals surface area contributed by atoms with Gasteiger partial charge in [-0.1, -0.05) is 24.3 Å². The highest BCUT2D eigenvalue weighted by molar-refractivity contribution is 6.11. The van der Waals surface area contributed by atoms with E-state index in [4.69, 9.17) is 0 Å². The molecule has 0 aliphatic rings. The molecule has 8 heteroatoms. The van der Waals surface area contributed by atoms with Gasteiger partial charge in [-0.15, -0.1) is 0 Å². The summed E-state index contributed by atoms with van der Waals surface area (Å²) in [5.74, 6) is -1.55. The number of aromatic nitrogens is 2. The van der Waals surface area contributed by atoms with E-state index < -0.39 is 23.5 Å². The third kappa shape index (κ3) is 3.69. The van der Waals surface area contributed by atoms with E-state index in [-0.39, 0.29) is 22.5 Å². The number of para-hydroxylation sites is 2. The summed E-state index contributed by atoms with van der Waals surface area (Å²) in [6.45, 7) is 0. The van der Waals surface area contributed by atoms with Gasteiger partial charge in [0, 0.05) is 11.3 Å². The number of benzene rings is 3. The summed E-state index contributed by atoms with van der Waals surface area (Å²) in [7, 11) is 0. The molecule has 0 spiro atoms. The van der Waals surface area contributed by atoms with Crippen molar-refractivity contribution in [3.63, 3.8) is 0 Å². The van der Waals surface area contributed by atoms with Crippen molar-refractivity contribution in [2.24, 2.45) is 0 Å². The van der Waals surface area contributed by atoms with Gasteiger partial charge in [-0.05, 0) is 42.5 Å². The van der Waals surface area contributed by atoms with Crippen molar-refractivity contribution in [1.29, 1.82) is 0 Å². The molecule has 0 saturated heterocycles. The molecule has 1 aromatic heterocycles. The van der Waals surface area contributed by atoms with Crippen molar-refractivity contribution < 1.29 is 22.4 Å².